The van der Waals surface area contributed by atoms with Crippen molar-refractivity contribution >= 4 is 23.2 Å². The number of likely N-dealkylation sites (tertiary alicyclic amines) is 1. The van der Waals surface area contributed by atoms with Gasteiger partial charge in [0.2, 0.25) is 5.91 Å². The molecule has 0 saturated carbocycles. The number of nitrogens with zero attached hydrogens (tertiary/aromatic N) is 3. The average molecular weight is 613 g/mol. The van der Waals surface area contributed by atoms with Gasteiger partial charge in [-0.25, -0.2) is 4.39 Å². The molecule has 10 nitrogen and oxygen atoms in total. The van der Waals surface area contributed by atoms with E-state index in [0.29, 0.717) is 67.5 Å². The van der Waals surface area contributed by atoms with Crippen LogP contribution in [0.4, 0.5) is 15.8 Å². The summed E-state index contributed by atoms with van der Waals surface area (Å²) in [7, 11) is 1.40. The van der Waals surface area contributed by atoms with E-state index in [2.05, 4.69) is 37.3 Å². The van der Waals surface area contributed by atoms with Gasteiger partial charge < -0.3 is 30.0 Å². The Balaban J connectivity index is 1.32. The van der Waals surface area contributed by atoms with Crippen LogP contribution in [0.15, 0.2) is 48.8 Å². The number of methoxy groups -OCH3 is 1. The van der Waals surface area contributed by atoms with Crippen LogP contribution in [0, 0.1) is 17.7 Å². The van der Waals surface area contributed by atoms with Gasteiger partial charge in [-0.1, -0.05) is 24.0 Å². The summed E-state index contributed by atoms with van der Waals surface area (Å²) in [5.74, 6) is 5.95. The largest absolute Gasteiger partial charge is 0.492 e. The molecule has 3 aromatic rings. The Bertz CT molecular complexity index is 1690. The first kappa shape index (κ1) is 30.4. The second-order valence-corrected chi connectivity index (χ2v) is 11.5. The van der Waals surface area contributed by atoms with Crippen LogP contribution in [0.5, 0.6) is 5.75 Å². The predicted molar refractivity (Wildman–Crippen MR) is 169 cm³/mol. The van der Waals surface area contributed by atoms with Crippen molar-refractivity contribution in [2.45, 2.75) is 31.7 Å². The van der Waals surface area contributed by atoms with E-state index in [1.54, 1.807) is 30.6 Å². The van der Waals surface area contributed by atoms with E-state index in [9.17, 15) is 14.0 Å². The summed E-state index contributed by atoms with van der Waals surface area (Å²) in [6.45, 7) is 6.99. The van der Waals surface area contributed by atoms with Crippen LogP contribution in [-0.2, 0) is 16.0 Å². The van der Waals surface area contributed by atoms with Gasteiger partial charge in [0.05, 0.1) is 48.5 Å². The lowest BCUT2D eigenvalue weighted by Crippen LogP contribution is -2.43. The van der Waals surface area contributed by atoms with Gasteiger partial charge >= 0.3 is 0 Å². The number of aromatic amines is 1. The van der Waals surface area contributed by atoms with E-state index in [1.165, 1.54) is 13.2 Å². The minimum Gasteiger partial charge on any atom is -0.492 e. The first-order valence-corrected chi connectivity index (χ1v) is 15.3. The summed E-state index contributed by atoms with van der Waals surface area (Å²) in [6, 6.07) is 6.43. The van der Waals surface area contributed by atoms with E-state index in [1.807, 2.05) is 24.0 Å². The van der Waals surface area contributed by atoms with Crippen molar-refractivity contribution < 1.29 is 23.5 Å². The number of anilines is 2. The van der Waals surface area contributed by atoms with Crippen LogP contribution >= 0.6 is 0 Å². The molecule has 234 valence electrons. The molecule has 2 amide bonds. The summed E-state index contributed by atoms with van der Waals surface area (Å²) in [6.07, 6.45) is 9.14. The summed E-state index contributed by atoms with van der Waals surface area (Å²) < 4.78 is 25.3. The molecule has 5 heterocycles. The molecule has 0 bridgehead atoms. The van der Waals surface area contributed by atoms with Gasteiger partial charge in [-0.15, -0.1) is 0 Å². The van der Waals surface area contributed by atoms with Gasteiger partial charge in [0.25, 0.3) is 5.91 Å². The number of benzene rings is 1. The molecule has 0 spiro atoms. The molecule has 0 unspecified atom stereocenters. The summed E-state index contributed by atoms with van der Waals surface area (Å²) in [5, 5.41) is 6.17. The molecular weight excluding hydrogens is 575 g/mol. The van der Waals surface area contributed by atoms with E-state index in [0.717, 1.165) is 37.2 Å². The molecule has 3 N–H and O–H groups in total. The normalized spacial score (nSPS) is 20.0. The number of rotatable bonds is 7. The number of fused-ring (bicyclic) bond motifs is 1. The molecule has 11 heteroatoms. The van der Waals surface area contributed by atoms with Gasteiger partial charge in [-0.3, -0.25) is 19.5 Å². The molecule has 2 aromatic heterocycles. The zero-order valence-corrected chi connectivity index (χ0v) is 25.5. The van der Waals surface area contributed by atoms with Crippen LogP contribution < -0.4 is 15.4 Å². The zero-order valence-electron chi connectivity index (χ0n) is 25.5. The lowest BCUT2D eigenvalue weighted by atomic mass is 9.97. The Morgan fingerprint density at radius 3 is 2.93 bits per heavy atom. The third-order valence-electron chi connectivity index (χ3n) is 8.59. The van der Waals surface area contributed by atoms with Gasteiger partial charge in [0.1, 0.15) is 5.54 Å². The number of carbonyl (C=O) groups excluding carboxylic acids is 2. The van der Waals surface area contributed by atoms with E-state index < -0.39 is 11.4 Å². The summed E-state index contributed by atoms with van der Waals surface area (Å²) in [4.78, 5) is 38.2. The summed E-state index contributed by atoms with van der Waals surface area (Å²) >= 11 is 0. The topological polar surface area (TPSA) is 112 Å². The Morgan fingerprint density at radius 1 is 1.27 bits per heavy atom. The Labute approximate surface area is 262 Å². The maximum Gasteiger partial charge on any atom is 0.255 e. The van der Waals surface area contributed by atoms with E-state index >= 15 is 0 Å². The SMILES string of the molecule is COc1c(F)cccc1Nc1c(-c2ccncc2C#C[C@@]2(C)CCCN2C(=O)/C=C/CN2CCOCC2)[nH]c2c1C(=O)NCC2. The van der Waals surface area contributed by atoms with Crippen molar-refractivity contribution in [2.75, 3.05) is 58.4 Å². The number of nitrogens with one attached hydrogen (secondary N) is 3. The predicted octanol–water partition coefficient (Wildman–Crippen LogP) is 3.87. The van der Waals surface area contributed by atoms with E-state index in [4.69, 9.17) is 9.47 Å². The van der Waals surface area contributed by atoms with Crippen LogP contribution in [-0.4, -0.2) is 90.2 Å². The van der Waals surface area contributed by atoms with Gasteiger partial charge in [-0.2, -0.15) is 0 Å². The van der Waals surface area contributed by atoms with E-state index in [-0.39, 0.29) is 17.6 Å². The minimum atomic E-state index is -0.654. The number of para-hydroxylation sites is 1. The standard InChI is InChI=1S/C34H37FN6O4/c1-34(12-5-17-41(34)28(42)8-4-16-40-18-20-45-21-19-40)13-9-23-22-36-14-10-24(23)30-31(29-26(38-30)11-15-37-33(29)43)39-27-7-3-6-25(35)32(27)44-2/h3-4,6-8,10,14,22,38-39H,5,11-12,15-21H2,1-2H3,(H,37,43)/b8-4+/t34-/m1/s1. The molecule has 3 aliphatic rings. The number of morpholine rings is 1. The number of hydrogen-bond donors (Lipinski definition) is 3. The number of aromatic nitrogens is 2. The Morgan fingerprint density at radius 2 is 2.11 bits per heavy atom. The molecule has 0 radical (unpaired) electrons. The maximum absolute atomic E-state index is 14.6. The highest BCUT2D eigenvalue weighted by molar-refractivity contribution is 6.06. The van der Waals surface area contributed by atoms with Crippen LogP contribution in [0.3, 0.4) is 0 Å². The molecule has 0 aliphatic carbocycles. The number of carbonyl (C=O) groups is 2. The molecule has 45 heavy (non-hydrogen) atoms. The van der Waals surface area contributed by atoms with Crippen molar-refractivity contribution in [3.8, 4) is 28.8 Å². The van der Waals surface area contributed by atoms with Crippen molar-refractivity contribution in [1.29, 1.82) is 0 Å². The average Bonchev–Trinajstić information content (AvgIpc) is 3.62. The molecule has 6 rings (SSSR count). The number of amides is 2. The molecule has 1 atom stereocenters. The van der Waals surface area contributed by atoms with Gasteiger partial charge in [0, 0.05) is 68.9 Å². The maximum atomic E-state index is 14.6. The zero-order chi connectivity index (χ0) is 31.4. The number of ether oxygens (including phenoxy) is 2. The molecule has 3 aliphatic heterocycles. The fraction of sp³-hybridized carbons (Fsp3) is 0.382. The number of hydrogen-bond acceptors (Lipinski definition) is 7. The first-order chi connectivity index (χ1) is 21.9. The molecule has 2 saturated heterocycles. The highest BCUT2D eigenvalue weighted by Crippen LogP contribution is 2.40. The highest BCUT2D eigenvalue weighted by Gasteiger charge is 2.37. The van der Waals surface area contributed by atoms with Crippen molar-refractivity contribution in [3.05, 3.63) is 71.4 Å². The van der Waals surface area contributed by atoms with Crippen molar-refractivity contribution in [1.82, 2.24) is 25.1 Å². The quantitative estimate of drug-likeness (QED) is 0.274. The number of halogens is 1. The minimum absolute atomic E-state index is 0.0438. The van der Waals surface area contributed by atoms with Gasteiger partial charge in [-0.05, 0) is 38.0 Å². The number of H-pyrrole nitrogens is 1. The monoisotopic (exact) mass is 612 g/mol. The number of pyridine rings is 1. The van der Waals surface area contributed by atoms with Crippen LogP contribution in [0.25, 0.3) is 11.3 Å². The lowest BCUT2D eigenvalue weighted by Gasteiger charge is -2.30. The first-order valence-electron chi connectivity index (χ1n) is 15.3. The molecule has 1 aromatic carbocycles. The molecule has 2 fully saturated rings. The molecular formula is C34H37FN6O4. The smallest absolute Gasteiger partial charge is 0.255 e. The second-order valence-electron chi connectivity index (χ2n) is 11.5. The third kappa shape index (κ3) is 6.30. The van der Waals surface area contributed by atoms with Crippen LogP contribution in [0.1, 0.15) is 41.4 Å². The fourth-order valence-corrected chi connectivity index (χ4v) is 6.19. The van der Waals surface area contributed by atoms with Crippen molar-refractivity contribution in [2.24, 2.45) is 0 Å². The van der Waals surface area contributed by atoms with Crippen molar-refractivity contribution in [3.63, 3.8) is 0 Å². The lowest BCUT2D eigenvalue weighted by molar-refractivity contribution is -0.128. The Kier molecular flexibility index (Phi) is 8.87. The fourth-order valence-electron chi connectivity index (χ4n) is 6.19. The van der Waals surface area contributed by atoms with Gasteiger partial charge in [0.15, 0.2) is 11.6 Å². The van der Waals surface area contributed by atoms with Crippen LogP contribution in [0.2, 0.25) is 0 Å². The highest BCUT2D eigenvalue weighted by atomic mass is 19.1. The second kappa shape index (κ2) is 13.1. The Hall–Kier alpha value is -4.66. The third-order valence-corrected chi connectivity index (χ3v) is 8.59. The summed E-state index contributed by atoms with van der Waals surface area (Å²) in [5.41, 5.74) is 3.44.